The quantitative estimate of drug-likeness (QED) is 0.112. The molecule has 0 radical (unpaired) electrons. The van der Waals surface area contributed by atoms with Crippen molar-refractivity contribution in [3.63, 3.8) is 0 Å². The molecule has 1 fully saturated rings. The Morgan fingerprint density at radius 1 is 0.558 bits per heavy atom. The zero-order chi connectivity index (χ0) is 36.6. The minimum absolute atomic E-state index is 0.0887. The molecule has 1 saturated carbocycles. The van der Waals surface area contributed by atoms with Crippen LogP contribution in [-0.2, 0) is 20.2 Å². The molecule has 0 amide bonds. The van der Waals surface area contributed by atoms with Gasteiger partial charge in [0.05, 0.1) is 0 Å². The van der Waals surface area contributed by atoms with Crippen LogP contribution in [0, 0.1) is 0 Å². The van der Waals surface area contributed by atoms with Crippen LogP contribution in [0.5, 0.6) is 11.5 Å². The van der Waals surface area contributed by atoms with Gasteiger partial charge in [0.25, 0.3) is 11.6 Å². The molecule has 7 rings (SSSR count). The molecule has 0 saturated heterocycles. The number of Topliss-reactive ketones (excluding diaryl/α,β-unsaturated/α-hetero) is 2. The standard InChI is InChI=1S/C38H28N4O8S2/c39-41-33-20-18-29-31(37(33)43)6-2-8-35(29)51(45,46)49-27-14-10-23(11-15-27)25-4-1-5-26(22-25)24-12-16-28(17-13-24)50-52(47,48)36-9-3-7-32-30(36)19-21-34(42-40)38(32)44/h2-3,6-21,25-26H,1,4-5,22H2. The first-order chi connectivity index (χ1) is 25.0. The average Bonchev–Trinajstić information content (AvgIpc) is 3.15. The van der Waals surface area contributed by atoms with Gasteiger partial charge in [0.2, 0.25) is 0 Å². The zero-order valence-electron chi connectivity index (χ0n) is 27.2. The maximum Gasteiger partial charge on any atom is 0.362 e. The fraction of sp³-hybridized carbons (Fsp3) is 0.158. The number of hydrogen-bond donors (Lipinski definition) is 0. The van der Waals surface area contributed by atoms with Crippen LogP contribution in [0.3, 0.4) is 0 Å². The monoisotopic (exact) mass is 732 g/mol. The lowest BCUT2D eigenvalue weighted by atomic mass is 9.75. The third-order valence-corrected chi connectivity index (χ3v) is 12.1. The predicted molar refractivity (Wildman–Crippen MR) is 189 cm³/mol. The Labute approximate surface area is 299 Å². The van der Waals surface area contributed by atoms with E-state index in [1.165, 1.54) is 60.7 Å². The van der Waals surface area contributed by atoms with E-state index >= 15 is 0 Å². The Bertz CT molecular complexity index is 2370. The molecule has 260 valence electrons. The number of allylic oxidation sites excluding steroid dienone is 2. The molecule has 2 atom stereocenters. The fourth-order valence-corrected chi connectivity index (χ4v) is 9.20. The summed E-state index contributed by atoms with van der Waals surface area (Å²) >= 11 is 0. The molecular weight excluding hydrogens is 705 g/mol. The van der Waals surface area contributed by atoms with Crippen LogP contribution in [0.2, 0.25) is 0 Å². The zero-order valence-corrected chi connectivity index (χ0v) is 28.9. The van der Waals surface area contributed by atoms with E-state index in [1.54, 1.807) is 24.3 Å². The lowest BCUT2D eigenvalue weighted by Crippen LogP contribution is -2.20. The summed E-state index contributed by atoms with van der Waals surface area (Å²) in [6.45, 7) is 0. The van der Waals surface area contributed by atoms with E-state index in [0.717, 1.165) is 36.8 Å². The molecule has 3 aliphatic carbocycles. The minimum Gasteiger partial charge on any atom is -0.379 e. The highest BCUT2D eigenvalue weighted by Gasteiger charge is 2.33. The summed E-state index contributed by atoms with van der Waals surface area (Å²) < 4.78 is 64.0. The number of carbonyl (C=O) groups is 2. The van der Waals surface area contributed by atoms with Crippen molar-refractivity contribution in [1.82, 2.24) is 0 Å². The van der Waals surface area contributed by atoms with Crippen molar-refractivity contribution in [2.45, 2.75) is 47.3 Å². The lowest BCUT2D eigenvalue weighted by Gasteiger charge is -2.30. The molecule has 4 aromatic rings. The van der Waals surface area contributed by atoms with E-state index in [0.29, 0.717) is 0 Å². The van der Waals surface area contributed by atoms with E-state index in [4.69, 9.17) is 19.4 Å². The number of rotatable bonds is 8. The van der Waals surface area contributed by atoms with Gasteiger partial charge < -0.3 is 19.4 Å². The van der Waals surface area contributed by atoms with Crippen molar-refractivity contribution in [2.24, 2.45) is 0 Å². The minimum atomic E-state index is -4.31. The van der Waals surface area contributed by atoms with Crippen LogP contribution in [0.4, 0.5) is 0 Å². The van der Waals surface area contributed by atoms with Crippen molar-refractivity contribution >= 4 is 55.4 Å². The Morgan fingerprint density at radius 2 is 0.962 bits per heavy atom. The number of fused-ring (bicyclic) bond motifs is 2. The summed E-state index contributed by atoms with van der Waals surface area (Å²) in [5.74, 6) is -0.582. The first kappa shape index (κ1) is 34.4. The molecule has 0 heterocycles. The number of carbonyl (C=O) groups excluding carboxylic acids is 2. The predicted octanol–water partition coefficient (Wildman–Crippen LogP) is 6.42. The molecule has 0 aromatic heterocycles. The van der Waals surface area contributed by atoms with Crippen molar-refractivity contribution in [3.05, 3.63) is 142 Å². The SMILES string of the molecule is [N-]=[N+]=C1C=Cc2c(cccc2S(=O)(=O)Oc2ccc(C3CCCC(c4ccc(OS(=O)(=O)c5cccc6c5C=CC(=[N+]=[N-])C6=O)cc4)C3)cc2)C1=O. The van der Waals surface area contributed by atoms with Crippen molar-refractivity contribution < 1.29 is 44.4 Å². The van der Waals surface area contributed by atoms with Gasteiger partial charge >= 0.3 is 31.7 Å². The van der Waals surface area contributed by atoms with Gasteiger partial charge in [0.15, 0.2) is 0 Å². The largest absolute Gasteiger partial charge is 0.379 e. The van der Waals surface area contributed by atoms with E-state index in [9.17, 15) is 26.4 Å². The molecule has 4 aromatic carbocycles. The second kappa shape index (κ2) is 13.6. The van der Waals surface area contributed by atoms with E-state index < -0.39 is 31.8 Å². The Kier molecular flexibility index (Phi) is 8.99. The molecule has 0 N–H and O–H groups in total. The molecule has 3 aliphatic rings. The van der Waals surface area contributed by atoms with Crippen LogP contribution in [-0.4, -0.2) is 49.4 Å². The highest BCUT2D eigenvalue weighted by molar-refractivity contribution is 7.87. The lowest BCUT2D eigenvalue weighted by molar-refractivity contribution is -0.00459. The Balaban J connectivity index is 1.02. The molecule has 2 unspecified atom stereocenters. The van der Waals surface area contributed by atoms with Crippen molar-refractivity contribution in [2.75, 3.05) is 0 Å². The second-order valence-electron chi connectivity index (χ2n) is 12.5. The van der Waals surface area contributed by atoms with Gasteiger partial charge in [0.1, 0.15) is 21.3 Å². The maximum atomic E-state index is 13.3. The summed E-state index contributed by atoms with van der Waals surface area (Å²) in [5, 5.41) is 0. The number of nitrogens with zero attached hydrogens (tertiary/aromatic N) is 4. The summed E-state index contributed by atoms with van der Waals surface area (Å²) in [7, 11) is -8.62. The molecule has 12 nitrogen and oxygen atoms in total. The van der Waals surface area contributed by atoms with Crippen molar-refractivity contribution in [3.8, 4) is 11.5 Å². The molecule has 0 bridgehead atoms. The van der Waals surface area contributed by atoms with Gasteiger partial charge in [0, 0.05) is 34.4 Å². The van der Waals surface area contributed by atoms with Crippen LogP contribution in [0.25, 0.3) is 23.2 Å². The highest BCUT2D eigenvalue weighted by Crippen LogP contribution is 2.42. The number of ketones is 2. The molecule has 0 aliphatic heterocycles. The smallest absolute Gasteiger partial charge is 0.362 e. The van der Waals surface area contributed by atoms with Crippen molar-refractivity contribution in [1.29, 1.82) is 0 Å². The van der Waals surface area contributed by atoms with Gasteiger partial charge in [-0.05, 0) is 90.8 Å². The summed E-state index contributed by atoms with van der Waals surface area (Å²) in [6.07, 6.45) is 8.94. The molecule has 14 heteroatoms. The van der Waals surface area contributed by atoms with Crippen LogP contribution in [0.15, 0.2) is 107 Å². The van der Waals surface area contributed by atoms with Gasteiger partial charge in [-0.2, -0.15) is 26.4 Å². The maximum absolute atomic E-state index is 13.3. The Hall–Kier alpha value is -6.04. The van der Waals surface area contributed by atoms with Crippen LogP contribution in [0.1, 0.15) is 80.5 Å². The van der Waals surface area contributed by atoms with Gasteiger partial charge in [-0.15, -0.1) is 0 Å². The van der Waals surface area contributed by atoms with E-state index in [2.05, 4.69) is 9.58 Å². The van der Waals surface area contributed by atoms with E-state index in [1.807, 2.05) is 24.3 Å². The normalized spacial score (nSPS) is 18.2. The third kappa shape index (κ3) is 6.47. The highest BCUT2D eigenvalue weighted by atomic mass is 32.2. The Morgan fingerprint density at radius 3 is 1.35 bits per heavy atom. The number of benzene rings is 4. The first-order valence-corrected chi connectivity index (χ1v) is 19.1. The van der Waals surface area contributed by atoms with Gasteiger partial charge in [-0.1, -0.05) is 55.0 Å². The fourth-order valence-electron chi connectivity index (χ4n) is 6.90. The molecule has 0 spiro atoms. The third-order valence-electron chi connectivity index (χ3n) is 9.45. The van der Waals surface area contributed by atoms with Gasteiger partial charge in [-0.3, -0.25) is 9.59 Å². The topological polar surface area (TPSA) is 194 Å². The second-order valence-corrected chi connectivity index (χ2v) is 15.5. The van der Waals surface area contributed by atoms with Crippen LogP contribution >= 0.6 is 0 Å². The summed E-state index contributed by atoms with van der Waals surface area (Å²) in [5.41, 5.74) is 20.3. The van der Waals surface area contributed by atoms with Gasteiger partial charge in [-0.25, -0.2) is 0 Å². The summed E-state index contributed by atoms with van der Waals surface area (Å²) in [6, 6.07) is 22.2. The molecular formula is C38H28N4O8S2. The molecule has 52 heavy (non-hydrogen) atoms. The van der Waals surface area contributed by atoms with E-state index in [-0.39, 0.29) is 66.8 Å². The number of hydrogen-bond acceptors (Lipinski definition) is 8. The average molecular weight is 733 g/mol. The first-order valence-electron chi connectivity index (χ1n) is 16.2. The van der Waals surface area contributed by atoms with Crippen LogP contribution < -0.4 is 8.37 Å². The summed E-state index contributed by atoms with van der Waals surface area (Å²) in [4.78, 5) is 30.6.